The van der Waals surface area contributed by atoms with Crippen molar-refractivity contribution in [2.24, 2.45) is 0 Å². The van der Waals surface area contributed by atoms with Crippen molar-refractivity contribution in [2.45, 2.75) is 37.8 Å². The maximum absolute atomic E-state index is 5.82. The molecule has 0 bridgehead atoms. The third-order valence-corrected chi connectivity index (χ3v) is 3.03. The maximum Gasteiger partial charge on any atom is 0.110 e. The predicted molar refractivity (Wildman–Crippen MR) is 52.9 cm³/mol. The van der Waals surface area contributed by atoms with Crippen LogP contribution in [0.25, 0.3) is 0 Å². The van der Waals surface area contributed by atoms with Gasteiger partial charge >= 0.3 is 0 Å². The van der Waals surface area contributed by atoms with Crippen molar-refractivity contribution in [1.29, 1.82) is 0 Å². The van der Waals surface area contributed by atoms with Crippen LogP contribution in [-0.4, -0.2) is 18.3 Å². The van der Waals surface area contributed by atoms with Crippen molar-refractivity contribution in [3.63, 3.8) is 0 Å². The van der Waals surface area contributed by atoms with Crippen LogP contribution in [0.3, 0.4) is 0 Å². The number of rotatable bonds is 3. The highest BCUT2D eigenvalue weighted by atomic mass is 16.6. The van der Waals surface area contributed by atoms with Crippen LogP contribution in [0.1, 0.15) is 18.4 Å². The summed E-state index contributed by atoms with van der Waals surface area (Å²) in [6.45, 7) is 0.720. The lowest BCUT2D eigenvalue weighted by molar-refractivity contribution is 0.0160. The molecule has 0 amide bonds. The zero-order chi connectivity index (χ0) is 9.38. The average Bonchev–Trinajstić information content (AvgIpc) is 2.92. The summed E-state index contributed by atoms with van der Waals surface area (Å²) in [4.78, 5) is 0. The van der Waals surface area contributed by atoms with E-state index in [-0.39, 0.29) is 0 Å². The molecule has 0 spiro atoms. The molecule has 1 saturated heterocycles. The normalized spacial score (nSPS) is 34.1. The van der Waals surface area contributed by atoms with E-state index in [0.717, 1.165) is 6.61 Å². The number of fused-ring (bicyclic) bond motifs is 1. The number of hydrogen-bond acceptors (Lipinski definition) is 2. The van der Waals surface area contributed by atoms with Crippen LogP contribution in [0.4, 0.5) is 0 Å². The van der Waals surface area contributed by atoms with Crippen LogP contribution in [0.15, 0.2) is 30.3 Å². The summed E-state index contributed by atoms with van der Waals surface area (Å²) in [6.07, 6.45) is 3.64. The molecule has 2 fully saturated rings. The van der Waals surface area contributed by atoms with Crippen molar-refractivity contribution < 1.29 is 9.47 Å². The molecule has 0 aromatic heterocycles. The molecule has 3 atom stereocenters. The molecular weight excluding hydrogens is 176 g/mol. The Bertz CT molecular complexity index is 309. The molecule has 2 aliphatic rings. The lowest BCUT2D eigenvalue weighted by atomic mass is 10.2. The summed E-state index contributed by atoms with van der Waals surface area (Å²) >= 11 is 0. The predicted octanol–water partition coefficient (Wildman–Crippen LogP) is 2.13. The highest BCUT2D eigenvalue weighted by Crippen LogP contribution is 2.40. The Morgan fingerprint density at radius 2 is 2.07 bits per heavy atom. The zero-order valence-electron chi connectivity index (χ0n) is 8.06. The fourth-order valence-corrected chi connectivity index (χ4v) is 2.16. The molecule has 14 heavy (non-hydrogen) atoms. The van der Waals surface area contributed by atoms with Gasteiger partial charge in [0.15, 0.2) is 0 Å². The Labute approximate surface area is 83.8 Å². The van der Waals surface area contributed by atoms with Gasteiger partial charge in [-0.2, -0.15) is 0 Å². The minimum absolute atomic E-state index is 0.347. The van der Waals surface area contributed by atoms with Crippen LogP contribution in [0.2, 0.25) is 0 Å². The van der Waals surface area contributed by atoms with Gasteiger partial charge in [0.1, 0.15) is 6.10 Å². The maximum atomic E-state index is 5.82. The van der Waals surface area contributed by atoms with Gasteiger partial charge in [-0.15, -0.1) is 0 Å². The van der Waals surface area contributed by atoms with Crippen molar-refractivity contribution >= 4 is 0 Å². The van der Waals surface area contributed by atoms with Gasteiger partial charge in [-0.25, -0.2) is 0 Å². The fourth-order valence-electron chi connectivity index (χ4n) is 2.16. The van der Waals surface area contributed by atoms with Crippen molar-refractivity contribution in [1.82, 2.24) is 0 Å². The van der Waals surface area contributed by atoms with E-state index in [0.29, 0.717) is 18.3 Å². The van der Waals surface area contributed by atoms with E-state index < -0.39 is 0 Å². The summed E-state index contributed by atoms with van der Waals surface area (Å²) in [5.74, 6) is 0. The third kappa shape index (κ3) is 1.56. The number of benzene rings is 1. The zero-order valence-corrected chi connectivity index (χ0v) is 8.06. The van der Waals surface area contributed by atoms with Gasteiger partial charge in [0.2, 0.25) is 0 Å². The first-order valence-corrected chi connectivity index (χ1v) is 5.24. The number of ether oxygens (including phenoxy) is 2. The Hall–Kier alpha value is -0.860. The van der Waals surface area contributed by atoms with Gasteiger partial charge in [-0.1, -0.05) is 30.3 Å². The van der Waals surface area contributed by atoms with Gasteiger partial charge in [0, 0.05) is 0 Å². The number of hydrogen-bond donors (Lipinski definition) is 0. The molecule has 74 valence electrons. The smallest absolute Gasteiger partial charge is 0.110 e. The first kappa shape index (κ1) is 8.45. The lowest BCUT2D eigenvalue weighted by Gasteiger charge is -2.11. The van der Waals surface area contributed by atoms with E-state index in [2.05, 4.69) is 12.1 Å². The molecule has 2 heteroatoms. The summed E-state index contributed by atoms with van der Waals surface area (Å²) in [6, 6.07) is 10.3. The molecule has 1 heterocycles. The molecule has 1 aromatic carbocycles. The second-order valence-electron chi connectivity index (χ2n) is 4.05. The Morgan fingerprint density at radius 1 is 1.21 bits per heavy atom. The van der Waals surface area contributed by atoms with Gasteiger partial charge in [0.25, 0.3) is 0 Å². The first-order chi connectivity index (χ1) is 6.93. The standard InChI is InChI=1S/C12H14O2/c1-2-4-9(5-3-1)8-13-10-6-7-11-12(10)14-11/h1-5,10-12H,6-8H2/t10-,11-,12-/m1/s1. The first-order valence-electron chi connectivity index (χ1n) is 5.24. The topological polar surface area (TPSA) is 21.8 Å². The van der Waals surface area contributed by atoms with E-state index >= 15 is 0 Å². The summed E-state index contributed by atoms with van der Waals surface area (Å²) < 4.78 is 11.2. The van der Waals surface area contributed by atoms with Gasteiger partial charge in [0.05, 0.1) is 18.8 Å². The van der Waals surface area contributed by atoms with Crippen LogP contribution in [-0.2, 0) is 16.1 Å². The minimum atomic E-state index is 0.347. The van der Waals surface area contributed by atoms with E-state index in [1.165, 1.54) is 18.4 Å². The second kappa shape index (κ2) is 3.37. The van der Waals surface area contributed by atoms with E-state index in [4.69, 9.17) is 9.47 Å². The monoisotopic (exact) mass is 190 g/mol. The largest absolute Gasteiger partial charge is 0.371 e. The van der Waals surface area contributed by atoms with Crippen LogP contribution in [0, 0.1) is 0 Å². The fraction of sp³-hybridized carbons (Fsp3) is 0.500. The van der Waals surface area contributed by atoms with Crippen molar-refractivity contribution in [3.05, 3.63) is 35.9 Å². The molecule has 3 rings (SSSR count). The Balaban J connectivity index is 1.54. The molecule has 1 aliphatic carbocycles. The summed E-state index contributed by atoms with van der Waals surface area (Å²) in [5, 5.41) is 0. The van der Waals surface area contributed by atoms with Crippen LogP contribution < -0.4 is 0 Å². The van der Waals surface area contributed by atoms with E-state index in [9.17, 15) is 0 Å². The second-order valence-corrected chi connectivity index (χ2v) is 4.05. The van der Waals surface area contributed by atoms with E-state index in [1.807, 2.05) is 18.2 Å². The summed E-state index contributed by atoms with van der Waals surface area (Å²) in [5.41, 5.74) is 1.25. The number of epoxide rings is 1. The van der Waals surface area contributed by atoms with Gasteiger partial charge in [-0.05, 0) is 18.4 Å². The highest BCUT2D eigenvalue weighted by molar-refractivity contribution is 5.13. The molecule has 1 aliphatic heterocycles. The molecule has 0 radical (unpaired) electrons. The molecule has 1 saturated carbocycles. The van der Waals surface area contributed by atoms with E-state index in [1.54, 1.807) is 0 Å². The van der Waals surface area contributed by atoms with Crippen LogP contribution in [0.5, 0.6) is 0 Å². The molecule has 0 N–H and O–H groups in total. The van der Waals surface area contributed by atoms with Crippen LogP contribution >= 0.6 is 0 Å². The minimum Gasteiger partial charge on any atom is -0.371 e. The molecule has 0 unspecified atom stereocenters. The van der Waals surface area contributed by atoms with Crippen molar-refractivity contribution in [3.8, 4) is 0 Å². The highest BCUT2D eigenvalue weighted by Gasteiger charge is 2.50. The Kier molecular flexibility index (Phi) is 2.03. The van der Waals surface area contributed by atoms with Gasteiger partial charge < -0.3 is 9.47 Å². The third-order valence-electron chi connectivity index (χ3n) is 3.03. The summed E-state index contributed by atoms with van der Waals surface area (Å²) in [7, 11) is 0. The molecule has 2 nitrogen and oxygen atoms in total. The lowest BCUT2D eigenvalue weighted by Crippen LogP contribution is -2.15. The van der Waals surface area contributed by atoms with Gasteiger partial charge in [-0.3, -0.25) is 0 Å². The average molecular weight is 190 g/mol. The SMILES string of the molecule is c1ccc(CO[C@@H]2CC[C@H]3O[C@H]23)cc1. The molecule has 1 aromatic rings. The van der Waals surface area contributed by atoms with Crippen molar-refractivity contribution in [2.75, 3.05) is 0 Å². The quantitative estimate of drug-likeness (QED) is 0.681. The molecular formula is C12H14O2. The Morgan fingerprint density at radius 3 is 2.71 bits per heavy atom.